The molecule has 1 aromatic heterocycles. The lowest BCUT2D eigenvalue weighted by atomic mass is 10.2. The highest BCUT2D eigenvalue weighted by atomic mass is 32.1. The summed E-state index contributed by atoms with van der Waals surface area (Å²) in [5, 5.41) is 4.54. The summed E-state index contributed by atoms with van der Waals surface area (Å²) in [5.41, 5.74) is 4.00. The molecule has 6 heteroatoms. The number of carbonyl (C=O) groups excluding carboxylic acids is 2. The van der Waals surface area contributed by atoms with E-state index in [9.17, 15) is 9.59 Å². The Morgan fingerprint density at radius 3 is 2.76 bits per heavy atom. The van der Waals surface area contributed by atoms with Crippen LogP contribution in [0.5, 0.6) is 0 Å². The number of benzene rings is 1. The van der Waals surface area contributed by atoms with Crippen LogP contribution in [0.4, 0.5) is 5.69 Å². The Hall–Kier alpha value is -2.21. The van der Waals surface area contributed by atoms with Gasteiger partial charge in [-0.1, -0.05) is 12.1 Å². The lowest BCUT2D eigenvalue weighted by molar-refractivity contribution is -0.117. The summed E-state index contributed by atoms with van der Waals surface area (Å²) >= 11 is 1.40. The summed E-state index contributed by atoms with van der Waals surface area (Å²) in [4.78, 5) is 29.2. The van der Waals surface area contributed by atoms with Crippen LogP contribution in [0, 0.1) is 0 Å². The van der Waals surface area contributed by atoms with E-state index in [-0.39, 0.29) is 11.8 Å². The maximum absolute atomic E-state index is 11.8. The highest BCUT2D eigenvalue weighted by molar-refractivity contribution is 7.07. The molecule has 21 heavy (non-hydrogen) atoms. The maximum atomic E-state index is 11.8. The molecular formula is C15H15N3O2S. The van der Waals surface area contributed by atoms with Gasteiger partial charge in [-0.15, -0.1) is 11.3 Å². The number of nitrogens with one attached hydrogen (secondary N) is 1. The van der Waals surface area contributed by atoms with Crippen LogP contribution in [-0.2, 0) is 11.3 Å². The fourth-order valence-corrected chi connectivity index (χ4v) is 2.84. The van der Waals surface area contributed by atoms with Crippen LogP contribution in [0.2, 0.25) is 0 Å². The predicted molar refractivity (Wildman–Crippen MR) is 81.3 cm³/mol. The van der Waals surface area contributed by atoms with Crippen LogP contribution in [0.3, 0.4) is 0 Å². The highest BCUT2D eigenvalue weighted by Crippen LogP contribution is 2.21. The smallest absolute Gasteiger partial charge is 0.271 e. The van der Waals surface area contributed by atoms with Gasteiger partial charge in [0, 0.05) is 30.6 Å². The molecule has 2 amide bonds. The zero-order valence-electron chi connectivity index (χ0n) is 11.4. The monoisotopic (exact) mass is 301 g/mol. The van der Waals surface area contributed by atoms with E-state index in [2.05, 4.69) is 10.3 Å². The Kier molecular flexibility index (Phi) is 3.96. The first-order valence-electron chi connectivity index (χ1n) is 6.80. The first-order chi connectivity index (χ1) is 10.2. The molecule has 1 fully saturated rings. The maximum Gasteiger partial charge on any atom is 0.271 e. The van der Waals surface area contributed by atoms with E-state index in [4.69, 9.17) is 0 Å². The molecule has 1 aromatic carbocycles. The number of rotatable bonds is 4. The average Bonchev–Trinajstić information content (AvgIpc) is 3.17. The molecule has 0 spiro atoms. The number of carbonyl (C=O) groups is 2. The van der Waals surface area contributed by atoms with Crippen LogP contribution in [-0.4, -0.2) is 23.3 Å². The Morgan fingerprint density at radius 2 is 2.14 bits per heavy atom. The summed E-state index contributed by atoms with van der Waals surface area (Å²) in [7, 11) is 0. The van der Waals surface area contributed by atoms with E-state index < -0.39 is 0 Å². The minimum absolute atomic E-state index is 0.171. The summed E-state index contributed by atoms with van der Waals surface area (Å²) in [5.74, 6) is 0.00892. The molecule has 1 aliphatic rings. The van der Waals surface area contributed by atoms with Crippen molar-refractivity contribution in [2.24, 2.45) is 0 Å². The Morgan fingerprint density at radius 1 is 1.33 bits per heavy atom. The Bertz CT molecular complexity index is 637. The van der Waals surface area contributed by atoms with E-state index in [1.165, 1.54) is 11.3 Å². The second kappa shape index (κ2) is 6.05. The SMILES string of the molecule is O=C(NCc1ccc(N2CCCC2=O)cc1)c1cscn1. The minimum Gasteiger partial charge on any atom is -0.347 e. The third kappa shape index (κ3) is 3.11. The van der Waals surface area contributed by atoms with Gasteiger partial charge in [0.15, 0.2) is 0 Å². The lowest BCUT2D eigenvalue weighted by Crippen LogP contribution is -2.24. The van der Waals surface area contributed by atoms with E-state index in [1.807, 2.05) is 24.3 Å². The second-order valence-corrected chi connectivity index (χ2v) is 5.59. The normalized spacial score (nSPS) is 14.5. The number of hydrogen-bond donors (Lipinski definition) is 1. The van der Waals surface area contributed by atoms with E-state index in [0.717, 1.165) is 24.2 Å². The number of anilines is 1. The van der Waals surface area contributed by atoms with Crippen LogP contribution in [0.1, 0.15) is 28.9 Å². The standard InChI is InChI=1S/C15H15N3O2S/c19-14-2-1-7-18(14)12-5-3-11(4-6-12)8-16-15(20)13-9-21-10-17-13/h3-6,9-10H,1-2,7-8H2,(H,16,20). The van der Waals surface area contributed by atoms with Gasteiger partial charge in [0.05, 0.1) is 5.51 Å². The number of amides is 2. The van der Waals surface area contributed by atoms with Crippen molar-refractivity contribution in [1.82, 2.24) is 10.3 Å². The zero-order valence-corrected chi connectivity index (χ0v) is 12.2. The fraction of sp³-hybridized carbons (Fsp3) is 0.267. The summed E-state index contributed by atoms with van der Waals surface area (Å²) in [6.45, 7) is 1.24. The molecule has 1 N–H and O–H groups in total. The summed E-state index contributed by atoms with van der Waals surface area (Å²) in [6.07, 6.45) is 1.55. The third-order valence-corrected chi connectivity index (χ3v) is 4.03. The van der Waals surface area contributed by atoms with Gasteiger partial charge in [-0.2, -0.15) is 0 Å². The van der Waals surface area contributed by atoms with E-state index in [1.54, 1.807) is 15.8 Å². The topological polar surface area (TPSA) is 62.3 Å². The molecule has 0 bridgehead atoms. The summed E-state index contributed by atoms with van der Waals surface area (Å²) < 4.78 is 0. The summed E-state index contributed by atoms with van der Waals surface area (Å²) in [6, 6.07) is 7.71. The van der Waals surface area contributed by atoms with Crippen molar-refractivity contribution in [1.29, 1.82) is 0 Å². The largest absolute Gasteiger partial charge is 0.347 e. The minimum atomic E-state index is -0.171. The fourth-order valence-electron chi connectivity index (χ4n) is 2.31. The molecule has 2 heterocycles. The van der Waals surface area contributed by atoms with Crippen LogP contribution in [0.25, 0.3) is 0 Å². The number of thiazole rings is 1. The van der Waals surface area contributed by atoms with Gasteiger partial charge in [-0.3, -0.25) is 9.59 Å². The van der Waals surface area contributed by atoms with Crippen LogP contribution in [0.15, 0.2) is 35.2 Å². The lowest BCUT2D eigenvalue weighted by Gasteiger charge is -2.16. The van der Waals surface area contributed by atoms with Gasteiger partial charge in [-0.25, -0.2) is 4.98 Å². The van der Waals surface area contributed by atoms with Crippen LogP contribution >= 0.6 is 11.3 Å². The quantitative estimate of drug-likeness (QED) is 0.941. The van der Waals surface area contributed by atoms with Crippen molar-refractivity contribution < 1.29 is 9.59 Å². The van der Waals surface area contributed by atoms with Crippen molar-refractivity contribution in [3.8, 4) is 0 Å². The molecular weight excluding hydrogens is 286 g/mol. The van der Waals surface area contributed by atoms with Crippen molar-refractivity contribution in [3.63, 3.8) is 0 Å². The molecule has 3 rings (SSSR count). The van der Waals surface area contributed by atoms with E-state index >= 15 is 0 Å². The Balaban J connectivity index is 1.60. The zero-order chi connectivity index (χ0) is 14.7. The Labute approximate surface area is 126 Å². The molecule has 0 aliphatic carbocycles. The van der Waals surface area contributed by atoms with Crippen molar-refractivity contribution >= 4 is 28.8 Å². The first-order valence-corrected chi connectivity index (χ1v) is 7.74. The molecule has 108 valence electrons. The van der Waals surface area contributed by atoms with Gasteiger partial charge in [0.1, 0.15) is 5.69 Å². The van der Waals surface area contributed by atoms with Crippen molar-refractivity contribution in [2.75, 3.05) is 11.4 Å². The molecule has 0 atom stereocenters. The van der Waals surface area contributed by atoms with Crippen LogP contribution < -0.4 is 10.2 Å². The third-order valence-electron chi connectivity index (χ3n) is 3.44. The van der Waals surface area contributed by atoms with Gasteiger partial charge in [0.25, 0.3) is 5.91 Å². The second-order valence-electron chi connectivity index (χ2n) is 4.87. The van der Waals surface area contributed by atoms with E-state index in [0.29, 0.717) is 18.7 Å². The molecule has 1 saturated heterocycles. The van der Waals surface area contributed by atoms with Gasteiger partial charge >= 0.3 is 0 Å². The van der Waals surface area contributed by atoms with Gasteiger partial charge < -0.3 is 10.2 Å². The molecule has 2 aromatic rings. The molecule has 0 saturated carbocycles. The van der Waals surface area contributed by atoms with Crippen molar-refractivity contribution in [3.05, 3.63) is 46.4 Å². The van der Waals surface area contributed by atoms with Crippen molar-refractivity contribution in [2.45, 2.75) is 19.4 Å². The molecule has 0 unspecified atom stereocenters. The number of aromatic nitrogens is 1. The number of hydrogen-bond acceptors (Lipinski definition) is 4. The molecule has 0 radical (unpaired) electrons. The molecule has 5 nitrogen and oxygen atoms in total. The molecule has 1 aliphatic heterocycles. The van der Waals surface area contributed by atoms with Gasteiger partial charge in [0.2, 0.25) is 5.91 Å². The first kappa shape index (κ1) is 13.8. The van der Waals surface area contributed by atoms with Gasteiger partial charge in [-0.05, 0) is 24.1 Å². The average molecular weight is 301 g/mol. The highest BCUT2D eigenvalue weighted by Gasteiger charge is 2.21. The predicted octanol–water partition coefficient (Wildman–Crippen LogP) is 2.20. The number of nitrogens with zero attached hydrogens (tertiary/aromatic N) is 2.